The van der Waals surface area contributed by atoms with Crippen LogP contribution in [0, 0.1) is 0 Å². The zero-order valence-electron chi connectivity index (χ0n) is 12.3. The second-order valence-electron chi connectivity index (χ2n) is 5.68. The minimum atomic E-state index is -1.13. The molecule has 2 atom stereocenters. The first-order valence-corrected chi connectivity index (χ1v) is 7.20. The van der Waals surface area contributed by atoms with E-state index in [1.807, 2.05) is 30.3 Å². The molecule has 1 aliphatic heterocycles. The Labute approximate surface area is 128 Å². The maximum absolute atomic E-state index is 12.3. The largest absolute Gasteiger partial charge is 0.487 e. The molecule has 22 heavy (non-hydrogen) atoms. The van der Waals surface area contributed by atoms with Gasteiger partial charge < -0.3 is 19.3 Å². The van der Waals surface area contributed by atoms with E-state index in [2.05, 4.69) is 5.16 Å². The van der Waals surface area contributed by atoms with Gasteiger partial charge in [0.05, 0.1) is 6.54 Å². The number of hydrogen-bond donors (Lipinski definition) is 1. The van der Waals surface area contributed by atoms with Gasteiger partial charge in [-0.15, -0.1) is 0 Å². The lowest BCUT2D eigenvalue weighted by Crippen LogP contribution is -2.58. The average Bonchev–Trinajstić information content (AvgIpc) is 3.03. The molecule has 1 N–H and O–H groups in total. The van der Waals surface area contributed by atoms with Gasteiger partial charge in [-0.2, -0.15) is 0 Å². The van der Waals surface area contributed by atoms with Crippen molar-refractivity contribution in [3.8, 4) is 5.75 Å². The van der Waals surface area contributed by atoms with Crippen LogP contribution in [-0.2, 0) is 0 Å². The Bertz CT molecular complexity index is 625. The van der Waals surface area contributed by atoms with Crippen LogP contribution in [-0.4, -0.2) is 45.9 Å². The molecule has 0 bridgehead atoms. The van der Waals surface area contributed by atoms with Crippen LogP contribution in [0.3, 0.4) is 0 Å². The quantitative estimate of drug-likeness (QED) is 0.934. The number of rotatable bonds is 3. The highest BCUT2D eigenvalue weighted by molar-refractivity contribution is 5.92. The first kappa shape index (κ1) is 14.6. The molecule has 6 nitrogen and oxygen atoms in total. The Morgan fingerprint density at radius 1 is 1.41 bits per heavy atom. The van der Waals surface area contributed by atoms with E-state index in [4.69, 9.17) is 9.26 Å². The molecule has 1 fully saturated rings. The standard InChI is InChI=1S/C16H18N2O4/c1-16(20)11-18(15(19)13-8-10-21-17-13)9-7-14(16)22-12-5-3-2-4-6-12/h2-6,8,10,14,20H,7,9,11H2,1H3/t14-,16-/m0/s1. The van der Waals surface area contributed by atoms with Gasteiger partial charge in [0.1, 0.15) is 23.7 Å². The minimum Gasteiger partial charge on any atom is -0.487 e. The Hall–Kier alpha value is -2.34. The summed E-state index contributed by atoms with van der Waals surface area (Å²) >= 11 is 0. The summed E-state index contributed by atoms with van der Waals surface area (Å²) < 4.78 is 10.6. The number of carbonyl (C=O) groups excluding carboxylic acids is 1. The third-order valence-corrected chi connectivity index (χ3v) is 3.83. The van der Waals surface area contributed by atoms with Crippen LogP contribution in [0.4, 0.5) is 0 Å². The summed E-state index contributed by atoms with van der Waals surface area (Å²) in [5.74, 6) is 0.469. The van der Waals surface area contributed by atoms with Gasteiger partial charge in [-0.05, 0) is 19.1 Å². The Morgan fingerprint density at radius 2 is 2.18 bits per heavy atom. The van der Waals surface area contributed by atoms with E-state index in [0.717, 1.165) is 0 Å². The fraction of sp³-hybridized carbons (Fsp3) is 0.375. The molecule has 1 aromatic heterocycles. The normalized spacial score (nSPS) is 25.0. The summed E-state index contributed by atoms with van der Waals surface area (Å²) in [6, 6.07) is 10.9. The van der Waals surface area contributed by atoms with Gasteiger partial charge in [0.15, 0.2) is 5.69 Å². The van der Waals surface area contributed by atoms with Crippen LogP contribution in [0.2, 0.25) is 0 Å². The highest BCUT2D eigenvalue weighted by Crippen LogP contribution is 2.27. The monoisotopic (exact) mass is 302 g/mol. The van der Waals surface area contributed by atoms with Gasteiger partial charge >= 0.3 is 0 Å². The molecule has 3 rings (SSSR count). The molecule has 1 saturated heterocycles. The van der Waals surface area contributed by atoms with E-state index in [0.29, 0.717) is 18.7 Å². The number of ether oxygens (including phenoxy) is 1. The molecule has 0 aliphatic carbocycles. The first-order valence-electron chi connectivity index (χ1n) is 7.20. The maximum Gasteiger partial charge on any atom is 0.276 e. The number of β-amino-alcohol motifs (C(OH)–C–C–N with tert-alkyl or cyclic N) is 1. The second kappa shape index (κ2) is 5.81. The number of likely N-dealkylation sites (tertiary alicyclic amines) is 1. The molecule has 1 amide bonds. The third-order valence-electron chi connectivity index (χ3n) is 3.83. The zero-order chi connectivity index (χ0) is 15.6. The van der Waals surface area contributed by atoms with Gasteiger partial charge in [0.25, 0.3) is 5.91 Å². The second-order valence-corrected chi connectivity index (χ2v) is 5.68. The number of aliphatic hydroxyl groups is 1. The van der Waals surface area contributed by atoms with Crippen LogP contribution < -0.4 is 4.74 Å². The smallest absolute Gasteiger partial charge is 0.276 e. The number of carbonyl (C=O) groups is 1. The van der Waals surface area contributed by atoms with Gasteiger partial charge in [0, 0.05) is 19.0 Å². The molecule has 0 spiro atoms. The lowest BCUT2D eigenvalue weighted by atomic mass is 9.91. The molecule has 2 heterocycles. The number of para-hydroxylation sites is 1. The predicted molar refractivity (Wildman–Crippen MR) is 78.5 cm³/mol. The van der Waals surface area contributed by atoms with E-state index in [-0.39, 0.29) is 24.2 Å². The van der Waals surface area contributed by atoms with Gasteiger partial charge in [0.2, 0.25) is 0 Å². The Kier molecular flexibility index (Phi) is 3.85. The topological polar surface area (TPSA) is 75.8 Å². The molecule has 0 radical (unpaired) electrons. The van der Waals surface area contributed by atoms with E-state index in [1.54, 1.807) is 11.8 Å². The minimum absolute atomic E-state index is 0.191. The van der Waals surface area contributed by atoms with Crippen LogP contribution >= 0.6 is 0 Å². The lowest BCUT2D eigenvalue weighted by Gasteiger charge is -2.42. The van der Waals surface area contributed by atoms with Crippen LogP contribution in [0.25, 0.3) is 0 Å². The van der Waals surface area contributed by atoms with Crippen LogP contribution in [0.1, 0.15) is 23.8 Å². The zero-order valence-corrected chi connectivity index (χ0v) is 12.3. The maximum atomic E-state index is 12.3. The average molecular weight is 302 g/mol. The number of piperidine rings is 1. The van der Waals surface area contributed by atoms with Crippen molar-refractivity contribution >= 4 is 5.91 Å². The first-order chi connectivity index (χ1) is 10.6. The number of nitrogens with zero attached hydrogens (tertiary/aromatic N) is 2. The molecule has 0 saturated carbocycles. The summed E-state index contributed by atoms with van der Waals surface area (Å²) in [6.45, 7) is 2.37. The van der Waals surface area contributed by atoms with Crippen molar-refractivity contribution < 1.29 is 19.2 Å². The summed E-state index contributed by atoms with van der Waals surface area (Å²) in [6.07, 6.45) is 1.54. The number of aromatic nitrogens is 1. The summed E-state index contributed by atoms with van der Waals surface area (Å²) in [4.78, 5) is 13.8. The van der Waals surface area contributed by atoms with Crippen molar-refractivity contribution in [2.45, 2.75) is 25.0 Å². The van der Waals surface area contributed by atoms with Crippen LogP contribution in [0.15, 0.2) is 47.2 Å². The van der Waals surface area contributed by atoms with E-state index >= 15 is 0 Å². The third kappa shape index (κ3) is 2.96. The molecule has 0 unspecified atom stereocenters. The number of benzene rings is 1. The molecule has 2 aromatic rings. The Balaban J connectivity index is 1.68. The molecule has 1 aromatic carbocycles. The number of amides is 1. The number of hydrogen-bond acceptors (Lipinski definition) is 5. The van der Waals surface area contributed by atoms with Crippen molar-refractivity contribution in [1.29, 1.82) is 0 Å². The van der Waals surface area contributed by atoms with E-state index < -0.39 is 5.60 Å². The highest BCUT2D eigenvalue weighted by atomic mass is 16.5. The van der Waals surface area contributed by atoms with Crippen molar-refractivity contribution in [3.05, 3.63) is 48.4 Å². The van der Waals surface area contributed by atoms with Crippen molar-refractivity contribution in [2.75, 3.05) is 13.1 Å². The van der Waals surface area contributed by atoms with E-state index in [9.17, 15) is 9.90 Å². The molecular formula is C16H18N2O4. The fourth-order valence-corrected chi connectivity index (χ4v) is 2.66. The molecular weight excluding hydrogens is 284 g/mol. The lowest BCUT2D eigenvalue weighted by molar-refractivity contribution is -0.0900. The van der Waals surface area contributed by atoms with Crippen LogP contribution in [0.5, 0.6) is 5.75 Å². The molecule has 6 heteroatoms. The Morgan fingerprint density at radius 3 is 2.82 bits per heavy atom. The highest BCUT2D eigenvalue weighted by Gasteiger charge is 2.41. The summed E-state index contributed by atoms with van der Waals surface area (Å²) in [5, 5.41) is 14.3. The van der Waals surface area contributed by atoms with Crippen molar-refractivity contribution in [3.63, 3.8) is 0 Å². The van der Waals surface area contributed by atoms with E-state index in [1.165, 1.54) is 12.3 Å². The van der Waals surface area contributed by atoms with Gasteiger partial charge in [-0.1, -0.05) is 23.4 Å². The predicted octanol–water partition coefficient (Wildman–Crippen LogP) is 1.72. The summed E-state index contributed by atoms with van der Waals surface area (Å²) in [5.41, 5.74) is -0.883. The molecule has 116 valence electrons. The van der Waals surface area contributed by atoms with Gasteiger partial charge in [-0.3, -0.25) is 4.79 Å². The van der Waals surface area contributed by atoms with Gasteiger partial charge in [-0.25, -0.2) is 0 Å². The summed E-state index contributed by atoms with van der Waals surface area (Å²) in [7, 11) is 0. The SMILES string of the molecule is C[C@]1(O)CN(C(=O)c2ccon2)CC[C@@H]1Oc1ccccc1. The molecule has 1 aliphatic rings. The fourth-order valence-electron chi connectivity index (χ4n) is 2.66. The van der Waals surface area contributed by atoms with Crippen molar-refractivity contribution in [1.82, 2.24) is 10.1 Å². The van der Waals surface area contributed by atoms with Crippen molar-refractivity contribution in [2.24, 2.45) is 0 Å².